The van der Waals surface area contributed by atoms with Crippen LogP contribution in [-0.4, -0.2) is 34.8 Å². The monoisotopic (exact) mass is 329 g/mol. The summed E-state index contributed by atoms with van der Waals surface area (Å²) in [7, 11) is 0. The van der Waals surface area contributed by atoms with Gasteiger partial charge in [-0.2, -0.15) is 0 Å². The molecular formula is C16H19N5O3. The first kappa shape index (κ1) is 16.0. The predicted molar refractivity (Wildman–Crippen MR) is 87.6 cm³/mol. The molecular weight excluding hydrogens is 310 g/mol. The number of primary amides is 2. The molecule has 24 heavy (non-hydrogen) atoms. The average molecular weight is 329 g/mol. The van der Waals surface area contributed by atoms with Gasteiger partial charge in [0.15, 0.2) is 0 Å². The average Bonchev–Trinajstić information content (AvgIpc) is 2.91. The lowest BCUT2D eigenvalue weighted by Gasteiger charge is -2.25. The maximum atomic E-state index is 12.4. The Morgan fingerprint density at radius 1 is 1.25 bits per heavy atom. The van der Waals surface area contributed by atoms with Gasteiger partial charge in [-0.1, -0.05) is 18.2 Å². The summed E-state index contributed by atoms with van der Waals surface area (Å²) in [6.07, 6.45) is 0.166. The van der Waals surface area contributed by atoms with E-state index in [1.54, 1.807) is 0 Å². The number of nitrogens with one attached hydrogen (secondary N) is 3. The van der Waals surface area contributed by atoms with Crippen LogP contribution in [0.3, 0.4) is 0 Å². The molecule has 0 saturated heterocycles. The van der Waals surface area contributed by atoms with E-state index in [1.165, 1.54) is 0 Å². The Morgan fingerprint density at radius 3 is 2.71 bits per heavy atom. The summed E-state index contributed by atoms with van der Waals surface area (Å²) in [6, 6.07) is 6.28. The van der Waals surface area contributed by atoms with Crippen molar-refractivity contribution in [2.75, 3.05) is 0 Å². The van der Waals surface area contributed by atoms with Crippen LogP contribution < -0.4 is 22.1 Å². The van der Waals surface area contributed by atoms with Crippen LogP contribution in [0.1, 0.15) is 17.7 Å². The lowest BCUT2D eigenvalue weighted by molar-refractivity contribution is -0.130. The van der Waals surface area contributed by atoms with Crippen LogP contribution >= 0.6 is 0 Å². The van der Waals surface area contributed by atoms with Crippen molar-refractivity contribution in [1.29, 1.82) is 0 Å². The van der Waals surface area contributed by atoms with E-state index < -0.39 is 23.9 Å². The Kier molecular flexibility index (Phi) is 4.22. The Bertz CT molecular complexity index is 813. The molecule has 3 rings (SSSR count). The number of carbonyl (C=O) groups is 3. The van der Waals surface area contributed by atoms with Crippen LogP contribution in [0.2, 0.25) is 0 Å². The smallest absolute Gasteiger partial charge is 0.240 e. The van der Waals surface area contributed by atoms with Crippen LogP contribution in [0.4, 0.5) is 0 Å². The van der Waals surface area contributed by atoms with E-state index >= 15 is 0 Å². The Balaban J connectivity index is 1.75. The molecule has 1 aliphatic rings. The van der Waals surface area contributed by atoms with E-state index in [0.29, 0.717) is 13.0 Å². The van der Waals surface area contributed by atoms with Gasteiger partial charge in [0.1, 0.15) is 6.04 Å². The van der Waals surface area contributed by atoms with Crippen LogP contribution in [0.15, 0.2) is 24.3 Å². The second-order valence-corrected chi connectivity index (χ2v) is 5.90. The van der Waals surface area contributed by atoms with E-state index in [-0.39, 0.29) is 12.3 Å². The number of aromatic nitrogens is 1. The van der Waals surface area contributed by atoms with Gasteiger partial charge in [-0.25, -0.2) is 0 Å². The molecule has 8 nitrogen and oxygen atoms in total. The summed E-state index contributed by atoms with van der Waals surface area (Å²) in [5.41, 5.74) is 13.4. The maximum Gasteiger partial charge on any atom is 0.240 e. The lowest BCUT2D eigenvalue weighted by atomic mass is 9.97. The molecule has 7 N–H and O–H groups in total. The summed E-state index contributed by atoms with van der Waals surface area (Å²) >= 11 is 0. The fraction of sp³-hybridized carbons (Fsp3) is 0.312. The topological polar surface area (TPSA) is 143 Å². The van der Waals surface area contributed by atoms with E-state index in [2.05, 4.69) is 15.6 Å². The number of amides is 3. The fourth-order valence-corrected chi connectivity index (χ4v) is 3.02. The molecule has 2 atom stereocenters. The number of benzene rings is 1. The number of para-hydroxylation sites is 1. The zero-order valence-corrected chi connectivity index (χ0v) is 13.0. The number of H-pyrrole nitrogens is 1. The first-order chi connectivity index (χ1) is 11.5. The van der Waals surface area contributed by atoms with Crippen molar-refractivity contribution in [2.45, 2.75) is 31.5 Å². The number of hydrogen-bond donors (Lipinski definition) is 5. The number of hydrogen-bond acceptors (Lipinski definition) is 4. The molecule has 0 fully saturated rings. The minimum Gasteiger partial charge on any atom is -0.370 e. The van der Waals surface area contributed by atoms with Crippen molar-refractivity contribution in [3.05, 3.63) is 35.5 Å². The molecule has 1 aliphatic heterocycles. The second kappa shape index (κ2) is 6.32. The molecule has 1 aromatic carbocycles. The number of rotatable bonds is 5. The summed E-state index contributed by atoms with van der Waals surface area (Å²) in [4.78, 5) is 38.1. The van der Waals surface area contributed by atoms with Gasteiger partial charge in [-0.05, 0) is 18.1 Å². The zero-order chi connectivity index (χ0) is 17.3. The summed E-state index contributed by atoms with van der Waals surface area (Å²) in [6.45, 7) is 0.513. The Hall–Kier alpha value is -2.87. The number of nitrogens with two attached hydrogens (primary N) is 2. The highest BCUT2D eigenvalue weighted by molar-refractivity contribution is 5.93. The Morgan fingerprint density at radius 2 is 2.00 bits per heavy atom. The van der Waals surface area contributed by atoms with Crippen molar-refractivity contribution in [3.8, 4) is 0 Å². The minimum atomic E-state index is -1.10. The first-order valence-corrected chi connectivity index (χ1v) is 7.65. The third-order valence-corrected chi connectivity index (χ3v) is 4.22. The van der Waals surface area contributed by atoms with E-state index in [0.717, 1.165) is 22.2 Å². The highest BCUT2D eigenvalue weighted by Gasteiger charge is 2.29. The third-order valence-electron chi connectivity index (χ3n) is 4.22. The number of aromatic amines is 1. The minimum absolute atomic E-state index is 0.313. The quantitative estimate of drug-likeness (QED) is 0.481. The number of carbonyl (C=O) groups excluding carboxylic acids is 3. The molecule has 2 aromatic rings. The largest absolute Gasteiger partial charge is 0.370 e. The van der Waals surface area contributed by atoms with Gasteiger partial charge < -0.3 is 21.8 Å². The highest BCUT2D eigenvalue weighted by atomic mass is 16.2. The fourth-order valence-electron chi connectivity index (χ4n) is 3.02. The molecule has 0 spiro atoms. The van der Waals surface area contributed by atoms with Gasteiger partial charge in [0.05, 0.1) is 12.5 Å². The standard InChI is InChI=1S/C16H19N5O3/c17-14(22)6-11(15(18)23)21-16(24)12-5-9-8-3-1-2-4-10(8)20-13(9)7-19-12/h1-4,11-12,19-20H,5-7H2,(H2,17,22)(H2,18,23)(H,21,24)/t11-,12-/m0/s1. The van der Waals surface area contributed by atoms with Crippen molar-refractivity contribution >= 4 is 28.6 Å². The SMILES string of the molecule is NC(=O)C[C@H](NC(=O)[C@@H]1Cc2c([nH]c3ccccc23)CN1)C(N)=O. The maximum absolute atomic E-state index is 12.4. The molecule has 1 aromatic heterocycles. The highest BCUT2D eigenvalue weighted by Crippen LogP contribution is 2.26. The summed E-state index contributed by atoms with van der Waals surface area (Å²) in [5.74, 6) is -1.86. The molecule has 0 aliphatic carbocycles. The molecule has 3 amide bonds. The summed E-state index contributed by atoms with van der Waals surface area (Å²) in [5, 5.41) is 6.70. The van der Waals surface area contributed by atoms with Crippen molar-refractivity contribution in [2.24, 2.45) is 11.5 Å². The van der Waals surface area contributed by atoms with Crippen molar-refractivity contribution in [3.63, 3.8) is 0 Å². The predicted octanol–water partition coefficient (Wildman–Crippen LogP) is -0.972. The van der Waals surface area contributed by atoms with E-state index in [9.17, 15) is 14.4 Å². The van der Waals surface area contributed by atoms with Crippen molar-refractivity contribution in [1.82, 2.24) is 15.6 Å². The molecule has 8 heteroatoms. The molecule has 0 unspecified atom stereocenters. The summed E-state index contributed by atoms with van der Waals surface area (Å²) < 4.78 is 0. The normalized spacial score (nSPS) is 17.9. The molecule has 0 radical (unpaired) electrons. The van der Waals surface area contributed by atoms with Crippen LogP contribution in [0.25, 0.3) is 10.9 Å². The number of fused-ring (bicyclic) bond motifs is 3. The lowest BCUT2D eigenvalue weighted by Crippen LogP contribution is -2.54. The van der Waals surface area contributed by atoms with Gasteiger partial charge in [0.2, 0.25) is 17.7 Å². The van der Waals surface area contributed by atoms with Crippen LogP contribution in [0.5, 0.6) is 0 Å². The van der Waals surface area contributed by atoms with Gasteiger partial charge in [0.25, 0.3) is 0 Å². The third kappa shape index (κ3) is 3.09. The molecule has 0 saturated carbocycles. The van der Waals surface area contributed by atoms with Gasteiger partial charge in [0, 0.05) is 23.1 Å². The van der Waals surface area contributed by atoms with Crippen LogP contribution in [0, 0.1) is 0 Å². The molecule has 0 bridgehead atoms. The van der Waals surface area contributed by atoms with Gasteiger partial charge >= 0.3 is 0 Å². The van der Waals surface area contributed by atoms with Gasteiger partial charge in [-0.15, -0.1) is 0 Å². The molecule has 2 heterocycles. The Labute approximate surface area is 138 Å². The van der Waals surface area contributed by atoms with Gasteiger partial charge in [-0.3, -0.25) is 19.7 Å². The zero-order valence-electron chi connectivity index (χ0n) is 13.0. The second-order valence-electron chi connectivity index (χ2n) is 5.90. The van der Waals surface area contributed by atoms with Crippen molar-refractivity contribution < 1.29 is 14.4 Å². The van der Waals surface area contributed by atoms with E-state index in [1.807, 2.05) is 24.3 Å². The van der Waals surface area contributed by atoms with E-state index in [4.69, 9.17) is 11.5 Å². The van der Waals surface area contributed by atoms with Crippen LogP contribution in [-0.2, 0) is 27.3 Å². The molecule has 126 valence electrons. The first-order valence-electron chi connectivity index (χ1n) is 7.65.